The van der Waals surface area contributed by atoms with Gasteiger partial charge in [-0.15, -0.1) is 0 Å². The van der Waals surface area contributed by atoms with E-state index < -0.39 is 6.04 Å². The molecule has 0 aliphatic heterocycles. The molecule has 0 aromatic rings. The molecule has 0 aromatic heterocycles. The van der Waals surface area contributed by atoms with Gasteiger partial charge >= 0.3 is 5.97 Å². The second kappa shape index (κ2) is 16.7. The highest BCUT2D eigenvalue weighted by atomic mass is 16.5. The molecule has 0 radical (unpaired) electrons. The molecule has 5 nitrogen and oxygen atoms in total. The van der Waals surface area contributed by atoms with E-state index in [1.165, 1.54) is 51.4 Å². The van der Waals surface area contributed by atoms with Crippen molar-refractivity contribution < 1.29 is 14.3 Å². The van der Waals surface area contributed by atoms with E-state index in [2.05, 4.69) is 12.2 Å². The molecule has 24 heavy (non-hydrogen) atoms. The molecule has 0 aromatic carbocycles. The summed E-state index contributed by atoms with van der Waals surface area (Å²) in [5.41, 5.74) is 5.77. The summed E-state index contributed by atoms with van der Waals surface area (Å²) in [6.07, 6.45) is 13.3. The number of hydrogen-bond acceptors (Lipinski definition) is 4. The van der Waals surface area contributed by atoms with Crippen molar-refractivity contribution in [2.75, 3.05) is 13.2 Å². The van der Waals surface area contributed by atoms with Crippen LogP contribution in [0.15, 0.2) is 0 Å². The van der Waals surface area contributed by atoms with Crippen molar-refractivity contribution in [2.24, 2.45) is 5.73 Å². The van der Waals surface area contributed by atoms with Crippen molar-refractivity contribution in [1.29, 1.82) is 0 Å². The number of amides is 1. The molecular weight excluding hydrogens is 304 g/mol. The molecule has 142 valence electrons. The van der Waals surface area contributed by atoms with Crippen LogP contribution in [-0.2, 0) is 14.3 Å². The largest absolute Gasteiger partial charge is 0.466 e. The molecule has 0 spiro atoms. The minimum Gasteiger partial charge on any atom is -0.466 e. The molecule has 0 rings (SSSR count). The average Bonchev–Trinajstić information content (AvgIpc) is 2.57. The molecule has 3 N–H and O–H groups in total. The normalized spacial score (nSPS) is 12.0. The topological polar surface area (TPSA) is 81.4 Å². The van der Waals surface area contributed by atoms with Crippen LogP contribution in [-0.4, -0.2) is 31.1 Å². The Balaban J connectivity index is 3.40. The molecule has 0 bridgehead atoms. The molecule has 0 heterocycles. The summed E-state index contributed by atoms with van der Waals surface area (Å²) >= 11 is 0. The van der Waals surface area contributed by atoms with Gasteiger partial charge in [0.2, 0.25) is 5.91 Å². The van der Waals surface area contributed by atoms with Gasteiger partial charge in [-0.3, -0.25) is 9.59 Å². The van der Waals surface area contributed by atoms with E-state index in [1.54, 1.807) is 6.92 Å². The first kappa shape index (κ1) is 22.9. The Hall–Kier alpha value is -1.10. The van der Waals surface area contributed by atoms with Crippen LogP contribution in [0, 0.1) is 0 Å². The van der Waals surface area contributed by atoms with Gasteiger partial charge in [0.15, 0.2) is 0 Å². The monoisotopic (exact) mass is 342 g/mol. The standard InChI is InChI=1S/C19H38N2O3/c1-3-5-6-7-8-9-10-11-12-13-16-21-19(23)17(20)14-15-18(22)24-4-2/h17H,3-16,20H2,1-2H3,(H,21,23). The Bertz CT molecular complexity index is 322. The maximum Gasteiger partial charge on any atom is 0.305 e. The first-order valence-corrected chi connectivity index (χ1v) is 9.80. The number of ether oxygens (including phenoxy) is 1. The summed E-state index contributed by atoms with van der Waals surface area (Å²) in [6, 6.07) is -0.627. The Morgan fingerprint density at radius 2 is 1.46 bits per heavy atom. The zero-order valence-electron chi connectivity index (χ0n) is 15.8. The fourth-order valence-electron chi connectivity index (χ4n) is 2.59. The first-order valence-electron chi connectivity index (χ1n) is 9.80. The lowest BCUT2D eigenvalue weighted by Crippen LogP contribution is -2.41. The lowest BCUT2D eigenvalue weighted by molar-refractivity contribution is -0.143. The second-order valence-electron chi connectivity index (χ2n) is 6.42. The van der Waals surface area contributed by atoms with Gasteiger partial charge in [0.05, 0.1) is 12.6 Å². The number of carbonyl (C=O) groups excluding carboxylic acids is 2. The zero-order valence-corrected chi connectivity index (χ0v) is 15.8. The minimum absolute atomic E-state index is 0.171. The van der Waals surface area contributed by atoms with Gasteiger partial charge in [0.1, 0.15) is 0 Å². The van der Waals surface area contributed by atoms with Crippen molar-refractivity contribution in [3.8, 4) is 0 Å². The van der Waals surface area contributed by atoms with Crippen LogP contribution in [0.2, 0.25) is 0 Å². The van der Waals surface area contributed by atoms with Crippen LogP contribution in [0.4, 0.5) is 0 Å². The van der Waals surface area contributed by atoms with Crippen molar-refractivity contribution in [2.45, 2.75) is 96.9 Å². The Morgan fingerprint density at radius 3 is 2.00 bits per heavy atom. The van der Waals surface area contributed by atoms with Crippen molar-refractivity contribution in [3.05, 3.63) is 0 Å². The van der Waals surface area contributed by atoms with Gasteiger partial charge in [0.25, 0.3) is 0 Å². The molecule has 0 saturated heterocycles. The summed E-state index contributed by atoms with van der Waals surface area (Å²) in [7, 11) is 0. The lowest BCUT2D eigenvalue weighted by Gasteiger charge is -2.11. The van der Waals surface area contributed by atoms with Gasteiger partial charge in [0, 0.05) is 13.0 Å². The highest BCUT2D eigenvalue weighted by molar-refractivity contribution is 5.82. The molecule has 1 atom stereocenters. The number of hydrogen-bond donors (Lipinski definition) is 2. The van der Waals surface area contributed by atoms with Crippen LogP contribution >= 0.6 is 0 Å². The lowest BCUT2D eigenvalue weighted by atomic mass is 10.1. The summed E-state index contributed by atoms with van der Waals surface area (Å²) < 4.78 is 4.82. The molecule has 5 heteroatoms. The van der Waals surface area contributed by atoms with E-state index in [4.69, 9.17) is 10.5 Å². The van der Waals surface area contributed by atoms with Gasteiger partial charge in [-0.2, -0.15) is 0 Å². The van der Waals surface area contributed by atoms with Gasteiger partial charge in [-0.1, -0.05) is 64.7 Å². The van der Waals surface area contributed by atoms with Crippen LogP contribution < -0.4 is 11.1 Å². The van der Waals surface area contributed by atoms with E-state index in [0.29, 0.717) is 19.6 Å². The van der Waals surface area contributed by atoms with E-state index in [9.17, 15) is 9.59 Å². The van der Waals surface area contributed by atoms with Crippen molar-refractivity contribution >= 4 is 11.9 Å². The highest BCUT2D eigenvalue weighted by Gasteiger charge is 2.14. The van der Waals surface area contributed by atoms with Gasteiger partial charge in [-0.05, 0) is 19.8 Å². The Morgan fingerprint density at radius 1 is 0.917 bits per heavy atom. The smallest absolute Gasteiger partial charge is 0.305 e. The van der Waals surface area contributed by atoms with E-state index in [-0.39, 0.29) is 18.3 Å². The zero-order chi connectivity index (χ0) is 18.0. The predicted molar refractivity (Wildman–Crippen MR) is 98.7 cm³/mol. The summed E-state index contributed by atoms with van der Waals surface area (Å²) in [5, 5.41) is 2.85. The minimum atomic E-state index is -0.627. The number of carbonyl (C=O) groups is 2. The van der Waals surface area contributed by atoms with Crippen LogP contribution in [0.1, 0.15) is 90.9 Å². The maximum absolute atomic E-state index is 11.8. The number of unbranched alkanes of at least 4 members (excludes halogenated alkanes) is 9. The van der Waals surface area contributed by atoms with Gasteiger partial charge < -0.3 is 15.8 Å². The highest BCUT2D eigenvalue weighted by Crippen LogP contribution is 2.10. The fourth-order valence-corrected chi connectivity index (χ4v) is 2.59. The Kier molecular flexibility index (Phi) is 16.0. The fraction of sp³-hybridized carbons (Fsp3) is 0.895. The third-order valence-corrected chi connectivity index (χ3v) is 4.13. The number of esters is 1. The number of rotatable bonds is 16. The van der Waals surface area contributed by atoms with E-state index in [0.717, 1.165) is 12.8 Å². The van der Waals surface area contributed by atoms with Crippen LogP contribution in [0.5, 0.6) is 0 Å². The molecule has 1 unspecified atom stereocenters. The molecular formula is C19H38N2O3. The number of nitrogens with one attached hydrogen (secondary N) is 1. The summed E-state index contributed by atoms with van der Waals surface area (Å²) in [5.74, 6) is -0.467. The molecule has 0 saturated carbocycles. The molecule has 0 fully saturated rings. The Labute approximate surface area is 148 Å². The number of nitrogens with two attached hydrogens (primary N) is 1. The molecule has 1 amide bonds. The third kappa shape index (κ3) is 14.5. The van der Waals surface area contributed by atoms with Crippen LogP contribution in [0.3, 0.4) is 0 Å². The quantitative estimate of drug-likeness (QED) is 0.331. The van der Waals surface area contributed by atoms with E-state index >= 15 is 0 Å². The van der Waals surface area contributed by atoms with Crippen LogP contribution in [0.25, 0.3) is 0 Å². The van der Waals surface area contributed by atoms with Crippen molar-refractivity contribution in [1.82, 2.24) is 5.32 Å². The maximum atomic E-state index is 11.8. The van der Waals surface area contributed by atoms with E-state index in [1.807, 2.05) is 0 Å². The van der Waals surface area contributed by atoms with Crippen molar-refractivity contribution in [3.63, 3.8) is 0 Å². The summed E-state index contributed by atoms with van der Waals surface area (Å²) in [4.78, 5) is 23.0. The molecule has 0 aliphatic rings. The third-order valence-electron chi connectivity index (χ3n) is 4.13. The summed E-state index contributed by atoms with van der Waals surface area (Å²) in [6.45, 7) is 5.03. The first-order chi connectivity index (χ1) is 11.6. The second-order valence-corrected chi connectivity index (χ2v) is 6.42. The average molecular weight is 343 g/mol. The van der Waals surface area contributed by atoms with Gasteiger partial charge in [-0.25, -0.2) is 0 Å². The molecule has 0 aliphatic carbocycles. The SMILES string of the molecule is CCCCCCCCCCCCNC(=O)C(N)CCC(=O)OCC. The predicted octanol–water partition coefficient (Wildman–Crippen LogP) is 3.69.